The van der Waals surface area contributed by atoms with Crippen LogP contribution in [0.1, 0.15) is 49.7 Å². The van der Waals surface area contributed by atoms with Crippen molar-refractivity contribution >= 4 is 34.3 Å². The van der Waals surface area contributed by atoms with Crippen molar-refractivity contribution in [3.8, 4) is 5.75 Å². The van der Waals surface area contributed by atoms with Crippen LogP contribution in [-0.4, -0.2) is 42.5 Å². The van der Waals surface area contributed by atoms with Gasteiger partial charge < -0.3 is 14.8 Å². The third-order valence-corrected chi connectivity index (χ3v) is 5.04. The fourth-order valence-corrected chi connectivity index (χ4v) is 3.39. The molecular weight excluding hydrogens is 406 g/mol. The van der Waals surface area contributed by atoms with Crippen molar-refractivity contribution in [1.29, 1.82) is 0 Å². The number of carbonyl (C=O) groups is 3. The van der Waals surface area contributed by atoms with Gasteiger partial charge in [0.2, 0.25) is 5.91 Å². The van der Waals surface area contributed by atoms with Gasteiger partial charge in [-0.05, 0) is 37.6 Å². The molecule has 0 unspecified atom stereocenters. The Morgan fingerprint density at radius 1 is 1.17 bits per heavy atom. The van der Waals surface area contributed by atoms with Crippen LogP contribution in [0.15, 0.2) is 29.6 Å². The summed E-state index contributed by atoms with van der Waals surface area (Å²) in [5, 5.41) is 4.82. The minimum Gasteiger partial charge on any atom is -0.494 e. The van der Waals surface area contributed by atoms with Gasteiger partial charge in [0.05, 0.1) is 12.3 Å². The zero-order chi connectivity index (χ0) is 21.9. The van der Waals surface area contributed by atoms with Crippen LogP contribution in [0.4, 0.5) is 5.13 Å². The Morgan fingerprint density at radius 2 is 1.90 bits per heavy atom. The van der Waals surface area contributed by atoms with Crippen molar-refractivity contribution in [2.45, 2.75) is 40.2 Å². The molecule has 0 bridgehead atoms. The molecule has 8 nitrogen and oxygen atoms in total. The van der Waals surface area contributed by atoms with Crippen molar-refractivity contribution in [2.75, 3.05) is 24.6 Å². The first-order valence-corrected chi connectivity index (χ1v) is 10.7. The molecule has 9 heteroatoms. The van der Waals surface area contributed by atoms with E-state index in [2.05, 4.69) is 17.2 Å². The number of carbonyl (C=O) groups excluding carboxylic acids is 3. The molecular formula is C21H27N3O5S. The summed E-state index contributed by atoms with van der Waals surface area (Å²) in [6.45, 7) is 6.30. The van der Waals surface area contributed by atoms with Crippen molar-refractivity contribution in [3.05, 3.63) is 40.9 Å². The summed E-state index contributed by atoms with van der Waals surface area (Å²) in [7, 11) is 0. The first kappa shape index (κ1) is 23.3. The van der Waals surface area contributed by atoms with E-state index in [0.29, 0.717) is 35.3 Å². The summed E-state index contributed by atoms with van der Waals surface area (Å²) in [4.78, 5) is 41.5. The summed E-state index contributed by atoms with van der Waals surface area (Å²) in [5.74, 6) is -0.341. The number of aromatic nitrogens is 1. The molecule has 0 saturated heterocycles. The van der Waals surface area contributed by atoms with E-state index < -0.39 is 5.97 Å². The number of esters is 1. The lowest BCUT2D eigenvalue weighted by atomic mass is 10.2. The molecule has 0 aliphatic carbocycles. The van der Waals surface area contributed by atoms with E-state index >= 15 is 0 Å². The topological polar surface area (TPSA) is 97.8 Å². The molecule has 1 aromatic carbocycles. The SMILES string of the molecule is CCCCOc1ccc(C(=O)NCC(=O)OCc2csc(N(CC)C(C)=O)n2)cc1. The highest BCUT2D eigenvalue weighted by Gasteiger charge is 2.15. The number of unbranched alkanes of at least 4 members (excludes halogenated alkanes) is 1. The van der Waals surface area contributed by atoms with Crippen LogP contribution in [0.25, 0.3) is 0 Å². The highest BCUT2D eigenvalue weighted by atomic mass is 32.1. The van der Waals surface area contributed by atoms with Crippen LogP contribution in [0.3, 0.4) is 0 Å². The number of nitrogens with one attached hydrogen (secondary N) is 1. The van der Waals surface area contributed by atoms with Gasteiger partial charge in [-0.2, -0.15) is 0 Å². The van der Waals surface area contributed by atoms with Crippen molar-refractivity contribution in [2.24, 2.45) is 0 Å². The summed E-state index contributed by atoms with van der Waals surface area (Å²) < 4.78 is 10.7. The van der Waals surface area contributed by atoms with Gasteiger partial charge in [-0.1, -0.05) is 13.3 Å². The summed E-state index contributed by atoms with van der Waals surface area (Å²) >= 11 is 1.31. The smallest absolute Gasteiger partial charge is 0.325 e. The number of anilines is 1. The lowest BCUT2D eigenvalue weighted by Crippen LogP contribution is -2.30. The van der Waals surface area contributed by atoms with Crippen molar-refractivity contribution in [1.82, 2.24) is 10.3 Å². The number of rotatable bonds is 11. The van der Waals surface area contributed by atoms with E-state index in [1.807, 2.05) is 6.92 Å². The number of benzene rings is 1. The van der Waals surface area contributed by atoms with Gasteiger partial charge >= 0.3 is 5.97 Å². The van der Waals surface area contributed by atoms with Gasteiger partial charge in [-0.25, -0.2) is 4.98 Å². The molecule has 30 heavy (non-hydrogen) atoms. The maximum absolute atomic E-state index is 12.2. The van der Waals surface area contributed by atoms with E-state index in [4.69, 9.17) is 9.47 Å². The molecule has 1 N–H and O–H groups in total. The van der Waals surface area contributed by atoms with Gasteiger partial charge in [0, 0.05) is 24.4 Å². The lowest BCUT2D eigenvalue weighted by molar-refractivity contribution is -0.143. The van der Waals surface area contributed by atoms with Crippen LogP contribution >= 0.6 is 11.3 Å². The highest BCUT2D eigenvalue weighted by molar-refractivity contribution is 7.14. The largest absolute Gasteiger partial charge is 0.494 e. The average molecular weight is 434 g/mol. The van der Waals surface area contributed by atoms with Crippen LogP contribution < -0.4 is 15.0 Å². The molecule has 2 rings (SSSR count). The molecule has 162 valence electrons. The highest BCUT2D eigenvalue weighted by Crippen LogP contribution is 2.21. The fourth-order valence-electron chi connectivity index (χ4n) is 2.48. The zero-order valence-corrected chi connectivity index (χ0v) is 18.3. The number of hydrogen-bond donors (Lipinski definition) is 1. The van der Waals surface area contributed by atoms with Gasteiger partial charge in [0.25, 0.3) is 5.91 Å². The lowest BCUT2D eigenvalue weighted by Gasteiger charge is -2.14. The Hall–Kier alpha value is -2.94. The third kappa shape index (κ3) is 7.14. The second kappa shape index (κ2) is 11.9. The van der Waals surface area contributed by atoms with Crippen LogP contribution in [0.5, 0.6) is 5.75 Å². The Morgan fingerprint density at radius 3 is 2.53 bits per heavy atom. The maximum atomic E-state index is 12.2. The van der Waals surface area contributed by atoms with Gasteiger partial charge in [0.15, 0.2) is 5.13 Å². The van der Waals surface area contributed by atoms with E-state index in [9.17, 15) is 14.4 Å². The van der Waals surface area contributed by atoms with Gasteiger partial charge in [-0.3, -0.25) is 19.3 Å². The number of amides is 2. The quantitative estimate of drug-likeness (QED) is 0.432. The molecule has 2 amide bonds. The minimum atomic E-state index is -0.573. The van der Waals surface area contributed by atoms with E-state index in [1.54, 1.807) is 29.6 Å². The van der Waals surface area contributed by atoms with E-state index in [-0.39, 0.29) is 25.0 Å². The monoisotopic (exact) mass is 433 g/mol. The Balaban J connectivity index is 1.76. The van der Waals surface area contributed by atoms with Gasteiger partial charge in [0.1, 0.15) is 18.9 Å². The normalized spacial score (nSPS) is 10.4. The molecule has 0 atom stereocenters. The molecule has 1 aromatic heterocycles. The molecule has 2 aromatic rings. The molecule has 0 fully saturated rings. The molecule has 1 heterocycles. The van der Waals surface area contributed by atoms with Crippen molar-refractivity contribution < 1.29 is 23.9 Å². The number of thiazole rings is 1. The maximum Gasteiger partial charge on any atom is 0.325 e. The first-order valence-electron chi connectivity index (χ1n) is 9.83. The molecule has 0 radical (unpaired) electrons. The predicted molar refractivity (Wildman–Crippen MR) is 115 cm³/mol. The van der Waals surface area contributed by atoms with Crippen LogP contribution in [0.2, 0.25) is 0 Å². The molecule has 0 saturated carbocycles. The van der Waals surface area contributed by atoms with E-state index in [0.717, 1.165) is 12.8 Å². The Bertz CT molecular complexity index is 851. The van der Waals surface area contributed by atoms with Crippen LogP contribution in [-0.2, 0) is 20.9 Å². The Kier molecular flexibility index (Phi) is 9.27. The fraction of sp³-hybridized carbons (Fsp3) is 0.429. The Labute approximate surface area is 180 Å². The second-order valence-electron chi connectivity index (χ2n) is 6.45. The number of ether oxygens (including phenoxy) is 2. The zero-order valence-electron chi connectivity index (χ0n) is 17.5. The third-order valence-electron chi connectivity index (χ3n) is 4.12. The number of nitrogens with zero attached hydrogens (tertiary/aromatic N) is 2. The molecule has 0 aliphatic heterocycles. The first-order chi connectivity index (χ1) is 14.4. The molecule has 0 spiro atoms. The second-order valence-corrected chi connectivity index (χ2v) is 7.29. The summed E-state index contributed by atoms with van der Waals surface area (Å²) in [6.07, 6.45) is 2.02. The minimum absolute atomic E-state index is 0.0234. The van der Waals surface area contributed by atoms with E-state index in [1.165, 1.54) is 23.2 Å². The predicted octanol–water partition coefficient (Wildman–Crippen LogP) is 3.17. The van der Waals surface area contributed by atoms with Crippen LogP contribution in [0, 0.1) is 0 Å². The van der Waals surface area contributed by atoms with Gasteiger partial charge in [-0.15, -0.1) is 11.3 Å². The van der Waals surface area contributed by atoms with Crippen molar-refractivity contribution in [3.63, 3.8) is 0 Å². The number of hydrogen-bond acceptors (Lipinski definition) is 7. The standard InChI is InChI=1S/C21H27N3O5S/c1-4-6-11-28-18-9-7-16(8-10-18)20(27)22-12-19(26)29-13-17-14-30-21(23-17)24(5-2)15(3)25/h7-10,14H,4-6,11-13H2,1-3H3,(H,22,27). The molecule has 0 aliphatic rings. The average Bonchev–Trinajstić information content (AvgIpc) is 3.20. The summed E-state index contributed by atoms with van der Waals surface area (Å²) in [6, 6.07) is 6.74. The summed E-state index contributed by atoms with van der Waals surface area (Å²) in [5.41, 5.74) is 0.978.